The molecule has 1 nitrogen and oxygen atoms in total. The van der Waals surface area contributed by atoms with Crippen molar-refractivity contribution in [2.75, 3.05) is 6.54 Å². The zero-order valence-corrected chi connectivity index (χ0v) is 13.9. The molecule has 1 aliphatic carbocycles. The average Bonchev–Trinajstić information content (AvgIpc) is 2.45. The summed E-state index contributed by atoms with van der Waals surface area (Å²) in [7, 11) is 0. The number of aliphatic imine (C=N–C) groups is 1. The normalized spacial score (nSPS) is 26.2. The van der Waals surface area contributed by atoms with E-state index in [9.17, 15) is 8.78 Å². The lowest BCUT2D eigenvalue weighted by Crippen LogP contribution is -2.27. The summed E-state index contributed by atoms with van der Waals surface area (Å²) in [5.74, 6) is -3.33. The fourth-order valence-electron chi connectivity index (χ4n) is 2.75. The van der Waals surface area contributed by atoms with Gasteiger partial charge in [0.1, 0.15) is 0 Å². The van der Waals surface area contributed by atoms with Crippen LogP contribution < -0.4 is 0 Å². The van der Waals surface area contributed by atoms with E-state index in [0.717, 1.165) is 24.5 Å². The molecule has 0 saturated heterocycles. The highest BCUT2D eigenvalue weighted by molar-refractivity contribution is 5.87. The molecule has 0 aromatic rings. The molecule has 2 aliphatic rings. The van der Waals surface area contributed by atoms with Crippen molar-refractivity contribution >= 4 is 6.21 Å². The molecular weight excluding hydrogens is 280 g/mol. The number of hydrogen-bond donors (Lipinski definition) is 0. The predicted octanol–water partition coefficient (Wildman–Crippen LogP) is 5.37. The van der Waals surface area contributed by atoms with Crippen molar-refractivity contribution in [1.29, 1.82) is 0 Å². The summed E-state index contributed by atoms with van der Waals surface area (Å²) in [5.41, 5.74) is 3.15. The number of dihydropyridines is 1. The van der Waals surface area contributed by atoms with Gasteiger partial charge in [0.05, 0.1) is 12.5 Å². The van der Waals surface area contributed by atoms with E-state index in [-0.39, 0.29) is 17.9 Å². The van der Waals surface area contributed by atoms with E-state index in [1.165, 1.54) is 5.57 Å². The van der Waals surface area contributed by atoms with Gasteiger partial charge in [-0.1, -0.05) is 50.6 Å². The molecule has 0 aromatic carbocycles. The Morgan fingerprint density at radius 3 is 2.41 bits per heavy atom. The van der Waals surface area contributed by atoms with E-state index in [1.54, 1.807) is 12.3 Å². The van der Waals surface area contributed by atoms with Crippen LogP contribution in [0.3, 0.4) is 0 Å². The Balaban J connectivity index is 2.39. The van der Waals surface area contributed by atoms with Crippen LogP contribution in [0.5, 0.6) is 0 Å². The minimum atomic E-state index is -2.74. The van der Waals surface area contributed by atoms with Gasteiger partial charge in [0, 0.05) is 13.1 Å². The molecule has 0 saturated carbocycles. The van der Waals surface area contributed by atoms with Crippen molar-refractivity contribution in [1.82, 2.24) is 0 Å². The minimum Gasteiger partial charge on any atom is -0.292 e. The maximum absolute atomic E-state index is 13.6. The van der Waals surface area contributed by atoms with Crippen LogP contribution in [0.4, 0.5) is 8.78 Å². The monoisotopic (exact) mass is 305 g/mol. The number of hydrogen-bond acceptors (Lipinski definition) is 1. The number of allylic oxidation sites excluding steroid dienone is 6. The fourth-order valence-corrected chi connectivity index (χ4v) is 2.75. The van der Waals surface area contributed by atoms with Crippen molar-refractivity contribution in [2.45, 2.75) is 40.0 Å². The third-order valence-corrected chi connectivity index (χ3v) is 4.34. The smallest absolute Gasteiger partial charge is 0.253 e. The molecule has 1 aliphatic heterocycles. The second-order valence-electron chi connectivity index (χ2n) is 7.32. The number of halogens is 2. The lowest BCUT2D eigenvalue weighted by atomic mass is 9.76. The third kappa shape index (κ3) is 3.82. The van der Waals surface area contributed by atoms with Crippen molar-refractivity contribution in [3.8, 4) is 0 Å². The Morgan fingerprint density at radius 2 is 1.86 bits per heavy atom. The SMILES string of the molecule is C=CC1C=C(C2=CC(C(C)(F)F)CN=C2)C=C(C(C)(C)C)C1. The first-order valence-electron chi connectivity index (χ1n) is 7.76. The van der Waals surface area contributed by atoms with Gasteiger partial charge in [-0.25, -0.2) is 8.78 Å². The summed E-state index contributed by atoms with van der Waals surface area (Å²) < 4.78 is 27.2. The highest BCUT2D eigenvalue weighted by atomic mass is 19.3. The zero-order chi connectivity index (χ0) is 16.5. The second kappa shape index (κ2) is 5.94. The fraction of sp³-hybridized carbons (Fsp3) is 0.526. The average molecular weight is 305 g/mol. The van der Waals surface area contributed by atoms with Gasteiger partial charge >= 0.3 is 0 Å². The molecule has 120 valence electrons. The summed E-state index contributed by atoms with van der Waals surface area (Å²) in [6, 6.07) is 0. The van der Waals surface area contributed by atoms with Crippen LogP contribution in [0, 0.1) is 17.3 Å². The van der Waals surface area contributed by atoms with Gasteiger partial charge in [-0.2, -0.15) is 0 Å². The topological polar surface area (TPSA) is 12.4 Å². The van der Waals surface area contributed by atoms with Crippen LogP contribution in [0.15, 0.2) is 52.6 Å². The van der Waals surface area contributed by atoms with Gasteiger partial charge in [0.15, 0.2) is 0 Å². The summed E-state index contributed by atoms with van der Waals surface area (Å²) in [6.45, 7) is 11.5. The highest BCUT2D eigenvalue weighted by Gasteiger charge is 2.34. The lowest BCUT2D eigenvalue weighted by molar-refractivity contribution is -0.0177. The van der Waals surface area contributed by atoms with Crippen LogP contribution in [-0.2, 0) is 0 Å². The Kier molecular flexibility index (Phi) is 4.55. The van der Waals surface area contributed by atoms with E-state index in [0.29, 0.717) is 0 Å². The molecule has 2 atom stereocenters. The molecule has 2 rings (SSSR count). The Morgan fingerprint density at radius 1 is 1.18 bits per heavy atom. The Hall–Kier alpha value is -1.51. The molecule has 0 fully saturated rings. The summed E-state index contributed by atoms with van der Waals surface area (Å²) >= 11 is 0. The Labute approximate surface area is 132 Å². The van der Waals surface area contributed by atoms with Crippen LogP contribution in [0.2, 0.25) is 0 Å². The molecule has 0 radical (unpaired) electrons. The molecule has 0 bridgehead atoms. The maximum atomic E-state index is 13.6. The van der Waals surface area contributed by atoms with Crippen LogP contribution in [0.25, 0.3) is 0 Å². The van der Waals surface area contributed by atoms with Crippen molar-refractivity contribution < 1.29 is 8.78 Å². The molecule has 1 heterocycles. The zero-order valence-electron chi connectivity index (χ0n) is 13.9. The number of rotatable bonds is 3. The van der Waals surface area contributed by atoms with Gasteiger partial charge in [0.25, 0.3) is 5.92 Å². The van der Waals surface area contributed by atoms with E-state index < -0.39 is 11.8 Å². The molecule has 0 spiro atoms. The number of alkyl halides is 2. The minimum absolute atomic E-state index is 0.0568. The largest absolute Gasteiger partial charge is 0.292 e. The summed E-state index contributed by atoms with van der Waals surface area (Å²) in [5, 5.41) is 0. The van der Waals surface area contributed by atoms with Crippen molar-refractivity contribution in [3.63, 3.8) is 0 Å². The van der Waals surface area contributed by atoms with E-state index in [4.69, 9.17) is 0 Å². The van der Waals surface area contributed by atoms with Crippen molar-refractivity contribution in [2.24, 2.45) is 22.2 Å². The maximum Gasteiger partial charge on any atom is 0.253 e. The molecule has 2 unspecified atom stereocenters. The summed E-state index contributed by atoms with van der Waals surface area (Å²) in [6.07, 6.45) is 10.5. The molecule has 3 heteroatoms. The van der Waals surface area contributed by atoms with Crippen molar-refractivity contribution in [3.05, 3.63) is 47.6 Å². The second-order valence-corrected chi connectivity index (χ2v) is 7.32. The Bertz CT molecular complexity index is 565. The van der Waals surface area contributed by atoms with Gasteiger partial charge < -0.3 is 0 Å². The van der Waals surface area contributed by atoms with E-state index >= 15 is 0 Å². The third-order valence-electron chi connectivity index (χ3n) is 4.34. The highest BCUT2D eigenvalue weighted by Crippen LogP contribution is 2.38. The molecule has 0 aromatic heterocycles. The molecule has 22 heavy (non-hydrogen) atoms. The van der Waals surface area contributed by atoms with Crippen LogP contribution >= 0.6 is 0 Å². The summed E-state index contributed by atoms with van der Waals surface area (Å²) in [4.78, 5) is 4.15. The van der Waals surface area contributed by atoms with E-state index in [2.05, 4.69) is 44.5 Å². The molecular formula is C19H25F2N. The molecule has 0 N–H and O–H groups in total. The van der Waals surface area contributed by atoms with Crippen LogP contribution in [0.1, 0.15) is 34.1 Å². The van der Waals surface area contributed by atoms with Gasteiger partial charge in [-0.05, 0) is 28.9 Å². The number of nitrogens with zero attached hydrogens (tertiary/aromatic N) is 1. The molecule has 0 amide bonds. The van der Waals surface area contributed by atoms with Gasteiger partial charge in [0.2, 0.25) is 0 Å². The van der Waals surface area contributed by atoms with Gasteiger partial charge in [-0.15, -0.1) is 6.58 Å². The van der Waals surface area contributed by atoms with E-state index in [1.807, 2.05) is 6.08 Å². The quantitative estimate of drug-likeness (QED) is 0.621. The first kappa shape index (κ1) is 16.9. The predicted molar refractivity (Wildman–Crippen MR) is 89.5 cm³/mol. The lowest BCUT2D eigenvalue weighted by Gasteiger charge is -2.30. The first-order chi connectivity index (χ1) is 10.1. The standard InChI is InChI=1S/C19H25F2N/c1-6-13-7-14(9-16(8-13)18(2,3)4)15-10-17(12-22-11-15)19(5,20)21/h6-7,9-11,13,17H,1,8,12H2,2-5H3. The first-order valence-corrected chi connectivity index (χ1v) is 7.76. The van der Waals surface area contributed by atoms with Crippen LogP contribution in [-0.4, -0.2) is 18.7 Å². The van der Waals surface area contributed by atoms with Gasteiger partial charge in [-0.3, -0.25) is 4.99 Å².